The van der Waals surface area contributed by atoms with Gasteiger partial charge in [-0.3, -0.25) is 9.20 Å². The summed E-state index contributed by atoms with van der Waals surface area (Å²) < 4.78 is 3.87. The molecule has 4 aromatic rings. The molecule has 3 heterocycles. The molecule has 1 aromatic carbocycles. The summed E-state index contributed by atoms with van der Waals surface area (Å²) in [5.41, 5.74) is 1.61. The van der Waals surface area contributed by atoms with E-state index < -0.39 is 0 Å². The molecule has 0 bridgehead atoms. The number of thiazole rings is 1. The number of nitrogens with zero attached hydrogens (tertiary/aromatic N) is 4. The highest BCUT2D eigenvalue weighted by atomic mass is 32.1. The summed E-state index contributed by atoms with van der Waals surface area (Å²) in [4.78, 5) is 21.7. The first kappa shape index (κ1) is 14.6. The summed E-state index contributed by atoms with van der Waals surface area (Å²) in [5.74, 6) is 0.619. The zero-order valence-electron chi connectivity index (χ0n) is 12.8. The van der Waals surface area contributed by atoms with Gasteiger partial charge in [-0.25, -0.2) is 9.97 Å². The van der Waals surface area contributed by atoms with E-state index in [0.29, 0.717) is 12.2 Å². The van der Waals surface area contributed by atoms with Crippen LogP contribution in [-0.2, 0) is 13.1 Å². The standard InChI is InChI=1S/C17H15N5OS/c23-16(14-12-22-8-9-24-17(22)20-14)19-10-15-18-6-7-21(15)11-13-4-2-1-3-5-13/h1-9,12H,10-11H2,(H,19,23). The quantitative estimate of drug-likeness (QED) is 0.609. The van der Waals surface area contributed by atoms with Gasteiger partial charge in [-0.1, -0.05) is 30.3 Å². The normalized spacial score (nSPS) is 11.0. The molecule has 0 radical (unpaired) electrons. The largest absolute Gasteiger partial charge is 0.343 e. The third-order valence-corrected chi connectivity index (χ3v) is 4.50. The van der Waals surface area contributed by atoms with E-state index in [1.807, 2.05) is 44.9 Å². The Labute approximate surface area is 142 Å². The Kier molecular flexibility index (Phi) is 3.84. The first-order valence-electron chi connectivity index (χ1n) is 7.54. The van der Waals surface area contributed by atoms with Gasteiger partial charge in [-0.05, 0) is 5.56 Å². The Morgan fingerprint density at radius 1 is 1.21 bits per heavy atom. The SMILES string of the molecule is O=C(NCc1nccn1Cc1ccccc1)c1cn2ccsc2n1. The molecule has 6 nitrogen and oxygen atoms in total. The molecular weight excluding hydrogens is 322 g/mol. The molecule has 7 heteroatoms. The van der Waals surface area contributed by atoms with Crippen LogP contribution < -0.4 is 5.32 Å². The Morgan fingerprint density at radius 2 is 2.08 bits per heavy atom. The number of carbonyl (C=O) groups excluding carboxylic acids is 1. The van der Waals surface area contributed by atoms with Gasteiger partial charge in [-0.15, -0.1) is 11.3 Å². The lowest BCUT2D eigenvalue weighted by molar-refractivity contribution is 0.0945. The molecular formula is C17H15N5OS. The second-order valence-electron chi connectivity index (χ2n) is 5.36. The summed E-state index contributed by atoms with van der Waals surface area (Å²) >= 11 is 1.50. The van der Waals surface area contributed by atoms with E-state index in [1.54, 1.807) is 12.4 Å². The molecule has 0 aliphatic heterocycles. The number of amides is 1. The fraction of sp³-hybridized carbons (Fsp3) is 0.118. The van der Waals surface area contributed by atoms with Crippen LogP contribution in [-0.4, -0.2) is 24.8 Å². The van der Waals surface area contributed by atoms with Crippen LogP contribution in [0, 0.1) is 0 Å². The average Bonchev–Trinajstić information content (AvgIpc) is 3.29. The third-order valence-electron chi connectivity index (χ3n) is 3.73. The van der Waals surface area contributed by atoms with Crippen molar-refractivity contribution >= 4 is 22.2 Å². The maximum absolute atomic E-state index is 12.3. The molecule has 0 saturated heterocycles. The first-order valence-corrected chi connectivity index (χ1v) is 8.42. The number of rotatable bonds is 5. The fourth-order valence-electron chi connectivity index (χ4n) is 2.52. The minimum atomic E-state index is -0.194. The van der Waals surface area contributed by atoms with E-state index in [9.17, 15) is 4.79 Å². The number of imidazole rings is 2. The van der Waals surface area contributed by atoms with Gasteiger partial charge in [0.15, 0.2) is 4.96 Å². The smallest absolute Gasteiger partial charge is 0.271 e. The van der Waals surface area contributed by atoms with Crippen molar-refractivity contribution in [2.45, 2.75) is 13.1 Å². The number of nitrogens with one attached hydrogen (secondary N) is 1. The summed E-state index contributed by atoms with van der Waals surface area (Å²) in [6, 6.07) is 10.2. The molecule has 1 N–H and O–H groups in total. The molecule has 0 fully saturated rings. The van der Waals surface area contributed by atoms with Crippen LogP contribution in [0.3, 0.4) is 0 Å². The lowest BCUT2D eigenvalue weighted by atomic mass is 10.2. The van der Waals surface area contributed by atoms with Crippen molar-refractivity contribution < 1.29 is 4.79 Å². The van der Waals surface area contributed by atoms with Gasteiger partial charge in [0.25, 0.3) is 5.91 Å². The average molecular weight is 337 g/mol. The van der Waals surface area contributed by atoms with Crippen molar-refractivity contribution in [1.29, 1.82) is 0 Å². The van der Waals surface area contributed by atoms with Gasteiger partial charge in [0, 0.05) is 36.7 Å². The van der Waals surface area contributed by atoms with E-state index in [4.69, 9.17) is 0 Å². The summed E-state index contributed by atoms with van der Waals surface area (Å²) in [6.07, 6.45) is 7.28. The number of fused-ring (bicyclic) bond motifs is 1. The van der Waals surface area contributed by atoms with Crippen LogP contribution in [0.2, 0.25) is 0 Å². The predicted molar refractivity (Wildman–Crippen MR) is 92.0 cm³/mol. The minimum Gasteiger partial charge on any atom is -0.343 e. The van der Waals surface area contributed by atoms with E-state index in [-0.39, 0.29) is 5.91 Å². The highest BCUT2D eigenvalue weighted by Crippen LogP contribution is 2.11. The van der Waals surface area contributed by atoms with Crippen molar-refractivity contribution in [2.75, 3.05) is 0 Å². The highest BCUT2D eigenvalue weighted by molar-refractivity contribution is 7.15. The lowest BCUT2D eigenvalue weighted by Crippen LogP contribution is -2.25. The maximum atomic E-state index is 12.3. The van der Waals surface area contributed by atoms with E-state index in [2.05, 4.69) is 27.4 Å². The second kappa shape index (κ2) is 6.29. The Morgan fingerprint density at radius 3 is 2.92 bits per heavy atom. The number of aromatic nitrogens is 4. The van der Waals surface area contributed by atoms with Crippen LogP contribution in [0.4, 0.5) is 0 Å². The van der Waals surface area contributed by atoms with Gasteiger partial charge in [0.2, 0.25) is 0 Å². The third kappa shape index (κ3) is 2.93. The van der Waals surface area contributed by atoms with E-state index in [0.717, 1.165) is 17.3 Å². The molecule has 0 aliphatic carbocycles. The zero-order valence-corrected chi connectivity index (χ0v) is 13.6. The molecule has 0 aliphatic rings. The maximum Gasteiger partial charge on any atom is 0.271 e. The zero-order chi connectivity index (χ0) is 16.4. The molecule has 0 saturated carbocycles. The van der Waals surface area contributed by atoms with Gasteiger partial charge >= 0.3 is 0 Å². The molecule has 4 rings (SSSR count). The Balaban J connectivity index is 1.43. The number of hydrogen-bond donors (Lipinski definition) is 1. The van der Waals surface area contributed by atoms with Crippen LogP contribution in [0.15, 0.2) is 60.5 Å². The fourth-order valence-corrected chi connectivity index (χ4v) is 3.22. The molecule has 24 heavy (non-hydrogen) atoms. The molecule has 1 amide bonds. The van der Waals surface area contributed by atoms with Gasteiger partial charge < -0.3 is 9.88 Å². The van der Waals surface area contributed by atoms with Crippen molar-refractivity contribution in [1.82, 2.24) is 24.3 Å². The monoisotopic (exact) mass is 337 g/mol. The van der Waals surface area contributed by atoms with Crippen LogP contribution in [0.25, 0.3) is 4.96 Å². The van der Waals surface area contributed by atoms with Gasteiger partial charge in [-0.2, -0.15) is 0 Å². The van der Waals surface area contributed by atoms with Crippen LogP contribution in [0.1, 0.15) is 21.9 Å². The topological polar surface area (TPSA) is 64.2 Å². The lowest BCUT2D eigenvalue weighted by Gasteiger charge is -2.08. The number of hydrogen-bond acceptors (Lipinski definition) is 4. The van der Waals surface area contributed by atoms with Gasteiger partial charge in [0.1, 0.15) is 11.5 Å². The predicted octanol–water partition coefficient (Wildman–Crippen LogP) is 2.57. The molecule has 0 atom stereocenters. The molecule has 0 spiro atoms. The number of carbonyl (C=O) groups is 1. The van der Waals surface area contributed by atoms with Crippen molar-refractivity contribution in [3.05, 3.63) is 77.6 Å². The molecule has 120 valence electrons. The Bertz CT molecular complexity index is 941. The highest BCUT2D eigenvalue weighted by Gasteiger charge is 2.12. The van der Waals surface area contributed by atoms with Gasteiger partial charge in [0.05, 0.1) is 6.54 Å². The van der Waals surface area contributed by atoms with Crippen LogP contribution in [0.5, 0.6) is 0 Å². The number of benzene rings is 1. The Hall–Kier alpha value is -2.93. The van der Waals surface area contributed by atoms with E-state index >= 15 is 0 Å². The molecule has 0 unspecified atom stereocenters. The van der Waals surface area contributed by atoms with Crippen molar-refractivity contribution in [3.63, 3.8) is 0 Å². The summed E-state index contributed by atoms with van der Waals surface area (Å²) in [5, 5.41) is 4.82. The van der Waals surface area contributed by atoms with Crippen molar-refractivity contribution in [2.24, 2.45) is 0 Å². The van der Waals surface area contributed by atoms with Crippen molar-refractivity contribution in [3.8, 4) is 0 Å². The molecule has 3 aromatic heterocycles. The summed E-state index contributed by atoms with van der Waals surface area (Å²) in [6.45, 7) is 1.09. The minimum absolute atomic E-state index is 0.194. The second-order valence-corrected chi connectivity index (χ2v) is 6.23. The van der Waals surface area contributed by atoms with Crippen LogP contribution >= 0.6 is 11.3 Å². The first-order chi connectivity index (χ1) is 11.8. The van der Waals surface area contributed by atoms with E-state index in [1.165, 1.54) is 16.9 Å². The summed E-state index contributed by atoms with van der Waals surface area (Å²) in [7, 11) is 0.